The summed E-state index contributed by atoms with van der Waals surface area (Å²) in [7, 11) is 1.33. The van der Waals surface area contributed by atoms with Crippen molar-refractivity contribution in [3.05, 3.63) is 93.8 Å². The molecule has 4 rings (SSSR count). The maximum absolute atomic E-state index is 12.6. The summed E-state index contributed by atoms with van der Waals surface area (Å²) in [6.45, 7) is 0. The van der Waals surface area contributed by atoms with Gasteiger partial charge in [-0.15, -0.1) is 11.3 Å². The number of rotatable bonds is 5. The van der Waals surface area contributed by atoms with E-state index in [1.54, 1.807) is 54.7 Å². The lowest BCUT2D eigenvalue weighted by molar-refractivity contribution is 0.0601. The number of thiophene rings is 1. The van der Waals surface area contributed by atoms with Gasteiger partial charge in [0.25, 0.3) is 0 Å². The van der Waals surface area contributed by atoms with Crippen LogP contribution in [0, 0.1) is 0 Å². The van der Waals surface area contributed by atoms with Gasteiger partial charge in [-0.25, -0.2) is 9.59 Å². The van der Waals surface area contributed by atoms with Crippen LogP contribution < -0.4 is 4.74 Å². The Balaban J connectivity index is 1.49. The molecule has 3 aromatic carbocycles. The highest BCUT2D eigenvalue weighted by Gasteiger charge is 2.19. The van der Waals surface area contributed by atoms with Gasteiger partial charge in [0.05, 0.1) is 23.4 Å². The average Bonchev–Trinajstić information content (AvgIpc) is 3.15. The summed E-state index contributed by atoms with van der Waals surface area (Å²) in [5.41, 5.74) is 1.66. The van der Waals surface area contributed by atoms with Gasteiger partial charge in [-0.05, 0) is 48.0 Å². The van der Waals surface area contributed by atoms with Crippen LogP contribution >= 0.6 is 22.9 Å². The first-order valence-electron chi connectivity index (χ1n) is 9.27. The van der Waals surface area contributed by atoms with E-state index < -0.39 is 11.9 Å². The summed E-state index contributed by atoms with van der Waals surface area (Å²) in [5, 5.41) is 1.23. The molecule has 0 aliphatic heterocycles. The average molecular weight is 450 g/mol. The molecule has 0 bridgehead atoms. The number of benzene rings is 3. The third-order valence-electron chi connectivity index (χ3n) is 4.47. The first-order chi connectivity index (χ1) is 15.1. The molecular weight excluding hydrogens is 434 g/mol. The van der Waals surface area contributed by atoms with Gasteiger partial charge in [0, 0.05) is 16.3 Å². The number of hydrogen-bond donors (Lipinski definition) is 0. The molecule has 31 heavy (non-hydrogen) atoms. The van der Waals surface area contributed by atoms with Crippen molar-refractivity contribution < 1.29 is 19.1 Å². The summed E-state index contributed by atoms with van der Waals surface area (Å²) in [6.07, 6.45) is 1.62. The number of esters is 2. The molecule has 0 spiro atoms. The minimum atomic E-state index is -0.500. The first kappa shape index (κ1) is 20.8. The quantitative estimate of drug-likeness (QED) is 0.203. The molecule has 0 unspecified atom stereocenters. The van der Waals surface area contributed by atoms with E-state index in [4.69, 9.17) is 21.1 Å². The van der Waals surface area contributed by atoms with Crippen molar-refractivity contribution in [1.29, 1.82) is 0 Å². The van der Waals surface area contributed by atoms with E-state index >= 15 is 0 Å². The lowest BCUT2D eigenvalue weighted by Gasteiger charge is -2.04. The molecule has 154 valence electrons. The summed E-state index contributed by atoms with van der Waals surface area (Å²) < 4.78 is 11.2. The highest BCUT2D eigenvalue weighted by Crippen LogP contribution is 2.35. The Kier molecular flexibility index (Phi) is 6.11. The van der Waals surface area contributed by atoms with Crippen LogP contribution in [0.15, 0.2) is 77.8 Å². The van der Waals surface area contributed by atoms with E-state index in [9.17, 15) is 9.59 Å². The monoisotopic (exact) mass is 449 g/mol. The van der Waals surface area contributed by atoms with E-state index in [2.05, 4.69) is 4.99 Å². The number of ether oxygens (including phenoxy) is 2. The Morgan fingerprint density at radius 1 is 0.935 bits per heavy atom. The molecule has 0 fully saturated rings. The van der Waals surface area contributed by atoms with Crippen LogP contribution in [-0.2, 0) is 4.74 Å². The number of methoxy groups -OCH3 is 1. The van der Waals surface area contributed by atoms with Gasteiger partial charge < -0.3 is 9.47 Å². The molecule has 4 aromatic rings. The number of hydrogen-bond acceptors (Lipinski definition) is 6. The third kappa shape index (κ3) is 4.50. The minimum absolute atomic E-state index is 0.368. The maximum atomic E-state index is 12.6. The van der Waals surface area contributed by atoms with Gasteiger partial charge in [0.1, 0.15) is 10.6 Å². The molecule has 0 N–H and O–H groups in total. The molecule has 0 radical (unpaired) electrons. The Morgan fingerprint density at radius 2 is 1.65 bits per heavy atom. The van der Waals surface area contributed by atoms with Gasteiger partial charge in [0.2, 0.25) is 0 Å². The molecule has 7 heteroatoms. The zero-order valence-electron chi connectivity index (χ0n) is 16.4. The predicted molar refractivity (Wildman–Crippen MR) is 123 cm³/mol. The number of carbonyl (C=O) groups excluding carboxylic acids is 2. The highest BCUT2D eigenvalue weighted by atomic mass is 35.5. The largest absolute Gasteiger partial charge is 0.465 e. The standard InChI is InChI=1S/C24H16ClNO4S/c1-29-23(27)17-6-2-4-8-19(17)26-14-15-10-12-16(13-11-15)30-24(28)22-21(25)18-7-3-5-9-20(18)31-22/h2-14H,1H3. The Morgan fingerprint density at radius 3 is 2.39 bits per heavy atom. The normalized spacial score (nSPS) is 11.0. The summed E-state index contributed by atoms with van der Waals surface area (Å²) in [6, 6.07) is 21.4. The van der Waals surface area contributed by atoms with E-state index in [1.165, 1.54) is 18.4 Å². The Labute approximate surface area is 187 Å². The first-order valence-corrected chi connectivity index (χ1v) is 10.5. The van der Waals surface area contributed by atoms with Crippen LogP contribution in [0.4, 0.5) is 5.69 Å². The van der Waals surface area contributed by atoms with Crippen LogP contribution in [0.3, 0.4) is 0 Å². The van der Waals surface area contributed by atoms with Crippen molar-refractivity contribution in [1.82, 2.24) is 0 Å². The fraction of sp³-hybridized carbons (Fsp3) is 0.0417. The molecular formula is C24H16ClNO4S. The predicted octanol–water partition coefficient (Wildman–Crippen LogP) is 6.31. The molecule has 0 aliphatic rings. The van der Waals surface area contributed by atoms with E-state index in [-0.39, 0.29) is 0 Å². The molecule has 0 saturated heterocycles. The van der Waals surface area contributed by atoms with E-state index in [1.807, 2.05) is 24.3 Å². The van der Waals surface area contributed by atoms with Crippen molar-refractivity contribution in [2.75, 3.05) is 7.11 Å². The third-order valence-corrected chi connectivity index (χ3v) is 6.13. The number of nitrogens with zero attached hydrogens (tertiary/aromatic N) is 1. The molecule has 5 nitrogen and oxygen atoms in total. The zero-order valence-corrected chi connectivity index (χ0v) is 17.9. The zero-order chi connectivity index (χ0) is 21.8. The number of aliphatic imine (C=N–C) groups is 1. The van der Waals surface area contributed by atoms with Gasteiger partial charge in [0.15, 0.2) is 0 Å². The smallest absolute Gasteiger partial charge is 0.355 e. The van der Waals surface area contributed by atoms with Crippen LogP contribution in [0.25, 0.3) is 10.1 Å². The van der Waals surface area contributed by atoms with Crippen LogP contribution in [0.2, 0.25) is 5.02 Å². The lowest BCUT2D eigenvalue weighted by Crippen LogP contribution is -2.06. The van der Waals surface area contributed by atoms with E-state index in [0.717, 1.165) is 15.6 Å². The van der Waals surface area contributed by atoms with Crippen molar-refractivity contribution in [3.63, 3.8) is 0 Å². The maximum Gasteiger partial charge on any atom is 0.355 e. The fourth-order valence-corrected chi connectivity index (χ4v) is 4.32. The Bertz CT molecular complexity index is 1290. The molecule has 0 amide bonds. The van der Waals surface area contributed by atoms with Gasteiger partial charge >= 0.3 is 11.9 Å². The van der Waals surface area contributed by atoms with Crippen molar-refractivity contribution in [3.8, 4) is 5.75 Å². The summed E-state index contributed by atoms with van der Waals surface area (Å²) in [4.78, 5) is 29.1. The number of fused-ring (bicyclic) bond motifs is 1. The second kappa shape index (κ2) is 9.12. The van der Waals surface area contributed by atoms with Crippen LogP contribution in [-0.4, -0.2) is 25.3 Å². The summed E-state index contributed by atoms with van der Waals surface area (Å²) >= 11 is 7.65. The lowest BCUT2D eigenvalue weighted by atomic mass is 10.2. The minimum Gasteiger partial charge on any atom is -0.465 e. The second-order valence-corrected chi connectivity index (χ2v) is 7.90. The van der Waals surface area contributed by atoms with E-state index in [0.29, 0.717) is 26.9 Å². The molecule has 0 aliphatic carbocycles. The van der Waals surface area contributed by atoms with Crippen LogP contribution in [0.5, 0.6) is 5.75 Å². The van der Waals surface area contributed by atoms with Crippen molar-refractivity contribution in [2.24, 2.45) is 4.99 Å². The fourth-order valence-electron chi connectivity index (χ4n) is 2.93. The number of para-hydroxylation sites is 1. The van der Waals surface area contributed by atoms with Crippen molar-refractivity contribution in [2.45, 2.75) is 0 Å². The van der Waals surface area contributed by atoms with Gasteiger partial charge in [-0.2, -0.15) is 0 Å². The SMILES string of the molecule is COC(=O)c1ccccc1N=Cc1ccc(OC(=O)c2sc3ccccc3c2Cl)cc1. The second-order valence-electron chi connectivity index (χ2n) is 6.47. The molecule has 0 atom stereocenters. The molecule has 1 heterocycles. The molecule has 1 aromatic heterocycles. The van der Waals surface area contributed by atoms with Gasteiger partial charge in [-0.3, -0.25) is 4.99 Å². The number of carbonyl (C=O) groups is 2. The van der Waals surface area contributed by atoms with Crippen LogP contribution in [0.1, 0.15) is 25.6 Å². The Hall–Kier alpha value is -3.48. The highest BCUT2D eigenvalue weighted by molar-refractivity contribution is 7.21. The van der Waals surface area contributed by atoms with Crippen molar-refractivity contribution >= 4 is 56.9 Å². The van der Waals surface area contributed by atoms with Gasteiger partial charge in [-0.1, -0.05) is 41.9 Å². The number of halogens is 1. The topological polar surface area (TPSA) is 65.0 Å². The summed E-state index contributed by atoms with van der Waals surface area (Å²) in [5.74, 6) is -0.555. The molecule has 0 saturated carbocycles.